The van der Waals surface area contributed by atoms with Crippen LogP contribution in [-0.4, -0.2) is 89.0 Å². The number of halogens is 4. The summed E-state index contributed by atoms with van der Waals surface area (Å²) < 4.78 is 0. The summed E-state index contributed by atoms with van der Waals surface area (Å²) >= 11 is 14.5. The van der Waals surface area contributed by atoms with Crippen LogP contribution in [0.5, 0.6) is 0 Å². The number of amides is 1. The normalized spacial score (nSPS) is 18.1. The van der Waals surface area contributed by atoms with E-state index in [4.69, 9.17) is 23.2 Å². The van der Waals surface area contributed by atoms with Crippen molar-refractivity contribution in [1.29, 1.82) is 0 Å². The molecule has 39 heavy (non-hydrogen) atoms. The highest BCUT2D eigenvalue weighted by Crippen LogP contribution is 2.25. The fourth-order valence-corrected chi connectivity index (χ4v) is 6.68. The molecule has 210 valence electrons. The predicted octanol–water partition coefficient (Wildman–Crippen LogP) is 6.13. The molecule has 2 aliphatic rings. The average molecular weight is 628 g/mol. The molecule has 2 aromatic carbocycles. The first-order chi connectivity index (χ1) is 18.1. The lowest BCUT2D eigenvalue weighted by Crippen LogP contribution is -2.55. The van der Waals surface area contributed by atoms with E-state index in [9.17, 15) is 4.79 Å². The van der Waals surface area contributed by atoms with Crippen LogP contribution in [0.2, 0.25) is 10.0 Å². The summed E-state index contributed by atoms with van der Waals surface area (Å²) in [6.45, 7) is 6.10. The van der Waals surface area contributed by atoms with Gasteiger partial charge in [-0.25, -0.2) is 0 Å². The van der Waals surface area contributed by atoms with Gasteiger partial charge < -0.3 is 9.88 Å². The van der Waals surface area contributed by atoms with E-state index in [1.54, 1.807) is 18.2 Å². The molecule has 1 atom stereocenters. The number of rotatable bonds is 6. The van der Waals surface area contributed by atoms with Crippen molar-refractivity contribution in [2.75, 3.05) is 57.3 Å². The number of piperazine rings is 1. The second-order valence-corrected chi connectivity index (χ2v) is 11.8. The van der Waals surface area contributed by atoms with Crippen LogP contribution in [0.1, 0.15) is 22.3 Å². The number of thioether (sulfide) groups is 1. The Morgan fingerprint density at radius 2 is 1.64 bits per heavy atom. The zero-order chi connectivity index (χ0) is 25.6. The SMILES string of the molecule is Cl.Cl.O=C(c1cc(Cl)cc(Cl)c1)N1CCN(CC#CCN2CCSCC2)C[C@H]1CCc1c[nH]c2ccccc12. The molecule has 0 saturated carbocycles. The number of carbonyl (C=O) groups is 1. The molecule has 0 aliphatic carbocycles. The molecule has 1 amide bonds. The largest absolute Gasteiger partial charge is 0.361 e. The van der Waals surface area contributed by atoms with Gasteiger partial charge in [0.1, 0.15) is 0 Å². The number of aryl methyl sites for hydroxylation is 1. The number of hydrogen-bond acceptors (Lipinski definition) is 4. The third-order valence-corrected chi connectivity index (χ3v) is 8.57. The van der Waals surface area contributed by atoms with E-state index in [1.807, 2.05) is 22.7 Å². The smallest absolute Gasteiger partial charge is 0.254 e. The van der Waals surface area contributed by atoms with Crippen molar-refractivity contribution in [3.05, 3.63) is 69.8 Å². The molecular weight excluding hydrogens is 594 g/mol. The van der Waals surface area contributed by atoms with E-state index in [2.05, 4.69) is 51.0 Å². The molecule has 10 heteroatoms. The van der Waals surface area contributed by atoms with Crippen molar-refractivity contribution in [2.24, 2.45) is 0 Å². The molecule has 0 unspecified atom stereocenters. The number of hydrogen-bond donors (Lipinski definition) is 1. The molecule has 5 nitrogen and oxygen atoms in total. The number of H-pyrrole nitrogens is 1. The maximum absolute atomic E-state index is 13.6. The number of nitrogens with zero attached hydrogens (tertiary/aromatic N) is 3. The molecular formula is C29H34Cl4N4OS. The zero-order valence-electron chi connectivity index (χ0n) is 21.7. The van der Waals surface area contributed by atoms with Crippen molar-refractivity contribution in [3.63, 3.8) is 0 Å². The molecule has 0 spiro atoms. The molecule has 1 aromatic heterocycles. The monoisotopic (exact) mass is 626 g/mol. The van der Waals surface area contributed by atoms with E-state index >= 15 is 0 Å². The number of nitrogens with one attached hydrogen (secondary N) is 1. The maximum Gasteiger partial charge on any atom is 0.254 e. The number of fused-ring (bicyclic) bond motifs is 1. The summed E-state index contributed by atoms with van der Waals surface area (Å²) in [5.41, 5.74) is 2.97. The van der Waals surface area contributed by atoms with Crippen LogP contribution in [0.3, 0.4) is 0 Å². The summed E-state index contributed by atoms with van der Waals surface area (Å²) in [7, 11) is 0. The van der Waals surface area contributed by atoms with Gasteiger partial charge in [0, 0.05) is 83.0 Å². The summed E-state index contributed by atoms with van der Waals surface area (Å²) in [5, 5.41) is 2.21. The van der Waals surface area contributed by atoms with Crippen LogP contribution in [0.25, 0.3) is 10.9 Å². The Bertz CT molecular complexity index is 1280. The molecule has 0 radical (unpaired) electrons. The first-order valence-corrected chi connectivity index (χ1v) is 14.8. The Balaban J connectivity index is 0.00000210. The zero-order valence-corrected chi connectivity index (χ0v) is 25.7. The Morgan fingerprint density at radius 3 is 2.38 bits per heavy atom. The Morgan fingerprint density at radius 1 is 0.949 bits per heavy atom. The molecule has 1 N–H and O–H groups in total. The molecule has 3 aromatic rings. The minimum atomic E-state index is -0.0120. The van der Waals surface area contributed by atoms with Gasteiger partial charge in [0.2, 0.25) is 0 Å². The molecule has 5 rings (SSSR count). The lowest BCUT2D eigenvalue weighted by atomic mass is 10.00. The number of aromatic amines is 1. The second kappa shape index (κ2) is 15.4. The molecule has 2 aliphatic heterocycles. The third kappa shape index (κ3) is 8.47. The standard InChI is InChI=1S/C29H32Cl2N4OS.2ClH/c30-24-17-23(18-25(31)19-24)29(36)35-12-11-34(10-4-3-9-33-13-15-37-16-14-33)21-26(35)8-7-22-20-32-28-6-2-1-5-27(22)28;;/h1-2,5-6,17-20,26,32H,7-16,21H2;2*1H/t26-;;/m1../s1. The number of carbonyl (C=O) groups excluding carboxylic acids is 1. The van der Waals surface area contributed by atoms with Crippen LogP contribution in [0.4, 0.5) is 0 Å². The van der Waals surface area contributed by atoms with Crippen molar-refractivity contribution in [3.8, 4) is 11.8 Å². The van der Waals surface area contributed by atoms with Crippen LogP contribution in [0.15, 0.2) is 48.7 Å². The highest BCUT2D eigenvalue weighted by molar-refractivity contribution is 7.99. The fraction of sp³-hybridized carbons (Fsp3) is 0.414. The van der Waals surface area contributed by atoms with Gasteiger partial charge in [0.05, 0.1) is 13.1 Å². The van der Waals surface area contributed by atoms with E-state index in [1.165, 1.54) is 22.5 Å². The maximum atomic E-state index is 13.6. The molecule has 3 heterocycles. The van der Waals surface area contributed by atoms with Gasteiger partial charge in [-0.3, -0.25) is 14.6 Å². The third-order valence-electron chi connectivity index (χ3n) is 7.19. The van der Waals surface area contributed by atoms with Crippen molar-refractivity contribution in [2.45, 2.75) is 18.9 Å². The number of para-hydroxylation sites is 1. The Hall–Kier alpha value is -1.56. The van der Waals surface area contributed by atoms with Gasteiger partial charge in [-0.1, -0.05) is 53.2 Å². The van der Waals surface area contributed by atoms with E-state index in [-0.39, 0.29) is 36.8 Å². The highest BCUT2D eigenvalue weighted by atomic mass is 35.5. The van der Waals surface area contributed by atoms with E-state index in [0.717, 1.165) is 57.6 Å². The molecule has 2 saturated heterocycles. The van der Waals surface area contributed by atoms with Gasteiger partial charge in [0.25, 0.3) is 5.91 Å². The van der Waals surface area contributed by atoms with Gasteiger partial charge in [-0.15, -0.1) is 24.8 Å². The van der Waals surface area contributed by atoms with Gasteiger partial charge in [-0.2, -0.15) is 11.8 Å². The second-order valence-electron chi connectivity index (χ2n) is 9.69. The molecule has 0 bridgehead atoms. The number of benzene rings is 2. The van der Waals surface area contributed by atoms with Crippen LogP contribution < -0.4 is 0 Å². The van der Waals surface area contributed by atoms with Gasteiger partial charge in [-0.05, 0) is 42.7 Å². The van der Waals surface area contributed by atoms with Crippen molar-refractivity contribution < 1.29 is 4.79 Å². The van der Waals surface area contributed by atoms with Crippen LogP contribution >= 0.6 is 59.8 Å². The Kier molecular flexibility index (Phi) is 12.7. The first-order valence-electron chi connectivity index (χ1n) is 12.9. The fourth-order valence-electron chi connectivity index (χ4n) is 5.18. The first kappa shape index (κ1) is 32.0. The van der Waals surface area contributed by atoms with Crippen LogP contribution in [-0.2, 0) is 6.42 Å². The molecule has 2 fully saturated rings. The minimum Gasteiger partial charge on any atom is -0.361 e. The minimum absolute atomic E-state index is 0. The summed E-state index contributed by atoms with van der Waals surface area (Å²) in [5.74, 6) is 9.16. The van der Waals surface area contributed by atoms with Gasteiger partial charge >= 0.3 is 0 Å². The summed E-state index contributed by atoms with van der Waals surface area (Å²) in [6, 6.07) is 13.5. The van der Waals surface area contributed by atoms with Crippen LogP contribution in [0, 0.1) is 11.8 Å². The van der Waals surface area contributed by atoms with Gasteiger partial charge in [0.15, 0.2) is 0 Å². The topological polar surface area (TPSA) is 42.6 Å². The Labute approximate surface area is 257 Å². The average Bonchev–Trinajstić information content (AvgIpc) is 3.33. The quantitative estimate of drug-likeness (QED) is 0.334. The highest BCUT2D eigenvalue weighted by Gasteiger charge is 2.31. The lowest BCUT2D eigenvalue weighted by Gasteiger charge is -2.41. The lowest BCUT2D eigenvalue weighted by molar-refractivity contribution is 0.0463. The van der Waals surface area contributed by atoms with E-state index in [0.29, 0.717) is 22.2 Å². The summed E-state index contributed by atoms with van der Waals surface area (Å²) in [6.07, 6.45) is 3.86. The summed E-state index contributed by atoms with van der Waals surface area (Å²) in [4.78, 5) is 23.8. The van der Waals surface area contributed by atoms with Crippen molar-refractivity contribution >= 4 is 76.6 Å². The predicted molar refractivity (Wildman–Crippen MR) is 170 cm³/mol. The van der Waals surface area contributed by atoms with Crippen molar-refractivity contribution in [1.82, 2.24) is 19.7 Å². The number of aromatic nitrogens is 1. The van der Waals surface area contributed by atoms with E-state index < -0.39 is 0 Å².